The number of aldehydes is 1. The predicted molar refractivity (Wildman–Crippen MR) is 74.1 cm³/mol. The van der Waals surface area contributed by atoms with Crippen molar-refractivity contribution in [2.75, 3.05) is 6.61 Å². The number of halogens is 3. The Morgan fingerprint density at radius 1 is 1.21 bits per heavy atom. The Kier molecular flexibility index (Phi) is 6.51. The Balaban J connectivity index is 2.63. The highest BCUT2D eigenvalue weighted by Crippen LogP contribution is 2.25. The SMILES string of the molecule is C=C(C)C(=O)OCC(C=O)C(=O)Oc1ccc(OC(F)(F)F)cc1. The lowest BCUT2D eigenvalue weighted by molar-refractivity contribution is -0.274. The van der Waals surface area contributed by atoms with Gasteiger partial charge in [0.05, 0.1) is 0 Å². The monoisotopic (exact) mass is 346 g/mol. The second-order valence-corrected chi connectivity index (χ2v) is 4.56. The highest BCUT2D eigenvalue weighted by molar-refractivity contribution is 5.91. The lowest BCUT2D eigenvalue weighted by Gasteiger charge is -2.12. The number of rotatable bonds is 7. The average molecular weight is 346 g/mol. The first-order valence-electron chi connectivity index (χ1n) is 6.48. The maximum atomic E-state index is 12.0. The molecule has 1 atom stereocenters. The van der Waals surface area contributed by atoms with Crippen LogP contribution in [0.25, 0.3) is 0 Å². The molecule has 0 bridgehead atoms. The summed E-state index contributed by atoms with van der Waals surface area (Å²) in [5.74, 6) is -3.77. The highest BCUT2D eigenvalue weighted by Gasteiger charge is 2.31. The molecular weight excluding hydrogens is 333 g/mol. The summed E-state index contributed by atoms with van der Waals surface area (Å²) in [5.41, 5.74) is 0.0910. The van der Waals surface area contributed by atoms with Crippen LogP contribution >= 0.6 is 0 Å². The molecule has 0 radical (unpaired) electrons. The van der Waals surface area contributed by atoms with Gasteiger partial charge in [0.25, 0.3) is 0 Å². The second kappa shape index (κ2) is 8.14. The van der Waals surface area contributed by atoms with Crippen molar-refractivity contribution in [1.82, 2.24) is 0 Å². The minimum atomic E-state index is -4.84. The highest BCUT2D eigenvalue weighted by atomic mass is 19.4. The molecule has 0 aliphatic heterocycles. The molecule has 0 saturated heterocycles. The molecule has 0 amide bonds. The van der Waals surface area contributed by atoms with E-state index in [4.69, 9.17) is 4.74 Å². The maximum Gasteiger partial charge on any atom is 0.573 e. The van der Waals surface area contributed by atoms with Crippen molar-refractivity contribution in [3.8, 4) is 11.5 Å². The Morgan fingerprint density at radius 3 is 2.21 bits per heavy atom. The third-order valence-electron chi connectivity index (χ3n) is 2.49. The number of alkyl halides is 3. The van der Waals surface area contributed by atoms with E-state index in [9.17, 15) is 27.6 Å². The van der Waals surface area contributed by atoms with E-state index in [0.29, 0.717) is 0 Å². The minimum absolute atomic E-state index is 0.0910. The van der Waals surface area contributed by atoms with E-state index < -0.39 is 36.6 Å². The van der Waals surface area contributed by atoms with Crippen LogP contribution in [0.3, 0.4) is 0 Å². The molecule has 1 aromatic rings. The van der Waals surface area contributed by atoms with Gasteiger partial charge in [0.1, 0.15) is 30.3 Å². The summed E-state index contributed by atoms with van der Waals surface area (Å²) in [6, 6.07) is 3.99. The van der Waals surface area contributed by atoms with Crippen molar-refractivity contribution in [2.45, 2.75) is 13.3 Å². The van der Waals surface area contributed by atoms with Gasteiger partial charge in [0.15, 0.2) is 0 Å². The quantitative estimate of drug-likeness (QED) is 0.248. The molecule has 0 fully saturated rings. The predicted octanol–water partition coefficient (Wildman–Crippen LogP) is 2.43. The van der Waals surface area contributed by atoms with Crippen molar-refractivity contribution >= 4 is 18.2 Å². The summed E-state index contributed by atoms with van der Waals surface area (Å²) in [7, 11) is 0. The van der Waals surface area contributed by atoms with Crippen LogP contribution in [0.1, 0.15) is 6.92 Å². The van der Waals surface area contributed by atoms with E-state index in [-0.39, 0.29) is 17.6 Å². The van der Waals surface area contributed by atoms with Gasteiger partial charge in [0, 0.05) is 5.57 Å². The van der Waals surface area contributed by atoms with E-state index in [1.54, 1.807) is 0 Å². The number of hydrogen-bond acceptors (Lipinski definition) is 6. The Hall–Kier alpha value is -2.84. The molecule has 0 aromatic heterocycles. The first-order valence-corrected chi connectivity index (χ1v) is 6.48. The molecule has 1 unspecified atom stereocenters. The lowest BCUT2D eigenvalue weighted by atomic mass is 10.2. The topological polar surface area (TPSA) is 78.9 Å². The molecule has 0 N–H and O–H groups in total. The summed E-state index contributed by atoms with van der Waals surface area (Å²) in [5, 5.41) is 0. The van der Waals surface area contributed by atoms with E-state index in [2.05, 4.69) is 16.1 Å². The smallest absolute Gasteiger partial charge is 0.461 e. The molecule has 0 spiro atoms. The van der Waals surface area contributed by atoms with Crippen molar-refractivity contribution in [2.24, 2.45) is 5.92 Å². The van der Waals surface area contributed by atoms with Gasteiger partial charge < -0.3 is 19.0 Å². The van der Waals surface area contributed by atoms with E-state index in [0.717, 1.165) is 24.3 Å². The summed E-state index contributed by atoms with van der Waals surface area (Å²) in [4.78, 5) is 33.8. The van der Waals surface area contributed by atoms with Crippen LogP contribution in [0.2, 0.25) is 0 Å². The molecule has 0 aliphatic rings. The third kappa shape index (κ3) is 6.51. The van der Waals surface area contributed by atoms with Gasteiger partial charge in [-0.3, -0.25) is 4.79 Å². The third-order valence-corrected chi connectivity index (χ3v) is 2.49. The van der Waals surface area contributed by atoms with Crippen LogP contribution in [-0.4, -0.2) is 31.2 Å². The Labute approximate surface area is 134 Å². The number of carbonyl (C=O) groups excluding carboxylic acids is 3. The number of esters is 2. The van der Waals surface area contributed by atoms with Crippen LogP contribution in [0.5, 0.6) is 11.5 Å². The molecule has 0 saturated carbocycles. The molecule has 9 heteroatoms. The maximum absolute atomic E-state index is 12.0. The first kappa shape index (κ1) is 19.2. The molecule has 6 nitrogen and oxygen atoms in total. The van der Waals surface area contributed by atoms with Crippen molar-refractivity contribution < 1.29 is 41.8 Å². The Bertz CT molecular complexity index is 621. The molecule has 130 valence electrons. The fraction of sp³-hybridized carbons (Fsp3) is 0.267. The summed E-state index contributed by atoms with van der Waals surface area (Å²) >= 11 is 0. The van der Waals surface area contributed by atoms with Gasteiger partial charge in [-0.1, -0.05) is 6.58 Å². The largest absolute Gasteiger partial charge is 0.573 e. The van der Waals surface area contributed by atoms with Gasteiger partial charge >= 0.3 is 18.3 Å². The van der Waals surface area contributed by atoms with E-state index >= 15 is 0 Å². The minimum Gasteiger partial charge on any atom is -0.461 e. The number of carbonyl (C=O) groups is 3. The standard InChI is InChI=1S/C15H13F3O6/c1-9(2)13(20)22-8-10(7-19)14(21)23-11-3-5-12(6-4-11)24-15(16,17)18/h3-7,10H,1,8H2,2H3. The zero-order valence-corrected chi connectivity index (χ0v) is 12.5. The zero-order chi connectivity index (χ0) is 18.3. The van der Waals surface area contributed by atoms with Crippen molar-refractivity contribution in [3.05, 3.63) is 36.4 Å². The first-order chi connectivity index (χ1) is 11.1. The second-order valence-electron chi connectivity index (χ2n) is 4.56. The lowest BCUT2D eigenvalue weighted by Crippen LogP contribution is -2.27. The molecule has 1 rings (SSSR count). The van der Waals surface area contributed by atoms with Crippen LogP contribution in [0.15, 0.2) is 36.4 Å². The number of benzene rings is 1. The van der Waals surface area contributed by atoms with Crippen LogP contribution in [-0.2, 0) is 19.1 Å². The molecule has 0 heterocycles. The Morgan fingerprint density at radius 2 is 1.75 bits per heavy atom. The van der Waals surface area contributed by atoms with Crippen LogP contribution in [0, 0.1) is 5.92 Å². The summed E-state index contributed by atoms with van der Waals surface area (Å²) in [6.07, 6.45) is -4.61. The van der Waals surface area contributed by atoms with Gasteiger partial charge in [-0.05, 0) is 31.2 Å². The van der Waals surface area contributed by atoms with Crippen molar-refractivity contribution in [1.29, 1.82) is 0 Å². The van der Waals surface area contributed by atoms with E-state index in [1.165, 1.54) is 6.92 Å². The normalized spacial score (nSPS) is 12.0. The van der Waals surface area contributed by atoms with Gasteiger partial charge in [-0.2, -0.15) is 0 Å². The van der Waals surface area contributed by atoms with Crippen LogP contribution < -0.4 is 9.47 Å². The average Bonchev–Trinajstić information content (AvgIpc) is 2.48. The van der Waals surface area contributed by atoms with Gasteiger partial charge in [-0.25, -0.2) is 4.79 Å². The van der Waals surface area contributed by atoms with Crippen molar-refractivity contribution in [3.63, 3.8) is 0 Å². The fourth-order valence-electron chi connectivity index (χ4n) is 1.35. The summed E-state index contributed by atoms with van der Waals surface area (Å²) < 4.78 is 49.2. The molecule has 0 aliphatic carbocycles. The number of ether oxygens (including phenoxy) is 3. The molecular formula is C15H13F3O6. The van der Waals surface area contributed by atoms with E-state index in [1.807, 2.05) is 0 Å². The molecule has 24 heavy (non-hydrogen) atoms. The fourth-order valence-corrected chi connectivity index (χ4v) is 1.35. The molecule has 1 aromatic carbocycles. The van der Waals surface area contributed by atoms with Crippen LogP contribution in [0.4, 0.5) is 13.2 Å². The number of hydrogen-bond donors (Lipinski definition) is 0. The van der Waals surface area contributed by atoms with Gasteiger partial charge in [-0.15, -0.1) is 13.2 Å². The summed E-state index contributed by atoms with van der Waals surface area (Å²) in [6.45, 7) is 4.19. The zero-order valence-electron chi connectivity index (χ0n) is 12.5. The van der Waals surface area contributed by atoms with Gasteiger partial charge in [0.2, 0.25) is 0 Å².